The molecule has 27 heavy (non-hydrogen) atoms. The van der Waals surface area contributed by atoms with Crippen LogP contribution in [0.3, 0.4) is 0 Å². The summed E-state index contributed by atoms with van der Waals surface area (Å²) in [4.78, 5) is 9.90. The van der Waals surface area contributed by atoms with Crippen molar-refractivity contribution in [2.75, 3.05) is 20.3 Å². The van der Waals surface area contributed by atoms with E-state index < -0.39 is 0 Å². The molecule has 0 radical (unpaired) electrons. The van der Waals surface area contributed by atoms with Crippen molar-refractivity contribution in [2.45, 2.75) is 38.4 Å². The fraction of sp³-hybridized carbons (Fsp3) is 0.409. The van der Waals surface area contributed by atoms with Gasteiger partial charge in [0.05, 0.1) is 35.0 Å². The van der Waals surface area contributed by atoms with Crippen molar-refractivity contribution in [3.8, 4) is 5.75 Å². The molecule has 0 spiro atoms. The van der Waals surface area contributed by atoms with Crippen LogP contribution in [0, 0.1) is 6.92 Å². The highest BCUT2D eigenvalue weighted by Crippen LogP contribution is 2.41. The van der Waals surface area contributed by atoms with E-state index in [0.717, 1.165) is 29.5 Å². The normalized spacial score (nSPS) is 25.2. The van der Waals surface area contributed by atoms with Gasteiger partial charge >= 0.3 is 0 Å². The lowest BCUT2D eigenvalue weighted by atomic mass is 9.92. The molecule has 2 aliphatic rings. The van der Waals surface area contributed by atoms with Crippen molar-refractivity contribution in [3.05, 3.63) is 58.6 Å². The Bertz CT molecular complexity index is 955. The molecule has 3 aromatic rings. The van der Waals surface area contributed by atoms with E-state index in [0.29, 0.717) is 12.1 Å². The van der Waals surface area contributed by atoms with Crippen LogP contribution in [0.15, 0.2) is 42.5 Å². The summed E-state index contributed by atoms with van der Waals surface area (Å²) >= 11 is 1.76. The van der Waals surface area contributed by atoms with Gasteiger partial charge in [0.15, 0.2) is 0 Å². The van der Waals surface area contributed by atoms with Crippen LogP contribution >= 0.6 is 11.3 Å². The molecule has 140 valence electrons. The third-order valence-electron chi connectivity index (χ3n) is 5.95. The molecule has 5 rings (SSSR count). The average molecular weight is 380 g/mol. The van der Waals surface area contributed by atoms with Crippen LogP contribution in [0.5, 0.6) is 5.75 Å². The Morgan fingerprint density at radius 1 is 1.22 bits per heavy atom. The third kappa shape index (κ3) is 3.04. The number of benzene rings is 2. The van der Waals surface area contributed by atoms with Crippen molar-refractivity contribution >= 4 is 21.6 Å². The molecule has 0 N–H and O–H groups in total. The zero-order chi connectivity index (χ0) is 18.4. The molecule has 2 bridgehead atoms. The minimum Gasteiger partial charge on any atom is -0.496 e. The number of thiazole rings is 1. The van der Waals surface area contributed by atoms with E-state index in [4.69, 9.17) is 4.74 Å². The Morgan fingerprint density at radius 2 is 2.07 bits per heavy atom. The van der Waals surface area contributed by atoms with Gasteiger partial charge in [0.2, 0.25) is 0 Å². The van der Waals surface area contributed by atoms with Crippen LogP contribution in [0.1, 0.15) is 35.0 Å². The summed E-state index contributed by atoms with van der Waals surface area (Å²) in [6.45, 7) is 5.22. The smallest absolute Gasteiger partial charge is 0.125 e. The van der Waals surface area contributed by atoms with Crippen LogP contribution < -0.4 is 4.74 Å². The number of methoxy groups -OCH3 is 1. The number of aromatic nitrogens is 1. The number of nitrogens with zero attached hydrogens (tertiary/aromatic N) is 3. The summed E-state index contributed by atoms with van der Waals surface area (Å²) in [6, 6.07) is 16.5. The van der Waals surface area contributed by atoms with Crippen molar-refractivity contribution in [2.24, 2.45) is 0 Å². The van der Waals surface area contributed by atoms with Crippen LogP contribution in [-0.2, 0) is 6.54 Å². The zero-order valence-corrected chi connectivity index (χ0v) is 16.7. The minimum absolute atomic E-state index is 0.514. The predicted octanol–water partition coefficient (Wildman–Crippen LogP) is 4.59. The molecule has 3 heterocycles. The third-order valence-corrected chi connectivity index (χ3v) is 6.88. The summed E-state index contributed by atoms with van der Waals surface area (Å²) < 4.78 is 6.98. The van der Waals surface area contributed by atoms with E-state index in [1.54, 1.807) is 18.4 Å². The van der Waals surface area contributed by atoms with E-state index in [1.807, 2.05) is 0 Å². The van der Waals surface area contributed by atoms with Crippen LogP contribution in [0.4, 0.5) is 0 Å². The van der Waals surface area contributed by atoms with E-state index in [-0.39, 0.29) is 0 Å². The second kappa shape index (κ2) is 6.89. The number of fused-ring (bicyclic) bond motifs is 3. The zero-order valence-electron chi connectivity index (χ0n) is 15.9. The fourth-order valence-electron chi connectivity index (χ4n) is 4.82. The molecule has 5 heteroatoms. The highest BCUT2D eigenvalue weighted by Gasteiger charge is 2.43. The van der Waals surface area contributed by atoms with Gasteiger partial charge in [0, 0.05) is 30.8 Å². The molecule has 0 saturated carbocycles. The molecule has 4 nitrogen and oxygen atoms in total. The summed E-state index contributed by atoms with van der Waals surface area (Å²) in [5.41, 5.74) is 3.77. The first-order valence-electron chi connectivity index (χ1n) is 9.70. The quantitative estimate of drug-likeness (QED) is 0.663. The second-order valence-corrected chi connectivity index (χ2v) is 8.87. The topological polar surface area (TPSA) is 28.6 Å². The highest BCUT2D eigenvalue weighted by molar-refractivity contribution is 7.18. The number of rotatable bonds is 4. The number of hydrogen-bond donors (Lipinski definition) is 0. The van der Waals surface area contributed by atoms with Crippen molar-refractivity contribution < 1.29 is 4.74 Å². The van der Waals surface area contributed by atoms with Gasteiger partial charge < -0.3 is 4.74 Å². The molecular formula is C22H25N3OS. The van der Waals surface area contributed by atoms with E-state index in [1.165, 1.54) is 35.2 Å². The molecule has 3 unspecified atom stereocenters. The van der Waals surface area contributed by atoms with Crippen molar-refractivity contribution in [1.82, 2.24) is 14.8 Å². The van der Waals surface area contributed by atoms with Crippen molar-refractivity contribution in [3.63, 3.8) is 0 Å². The maximum Gasteiger partial charge on any atom is 0.125 e. The molecule has 2 fully saturated rings. The van der Waals surface area contributed by atoms with Gasteiger partial charge in [0.25, 0.3) is 0 Å². The first-order valence-corrected chi connectivity index (χ1v) is 10.5. The van der Waals surface area contributed by atoms with Gasteiger partial charge in [-0.3, -0.25) is 9.80 Å². The average Bonchev–Trinajstić information content (AvgIpc) is 3.14. The van der Waals surface area contributed by atoms with Gasteiger partial charge in [-0.05, 0) is 31.4 Å². The molecule has 0 aliphatic carbocycles. The molecule has 3 atom stereocenters. The highest BCUT2D eigenvalue weighted by atomic mass is 32.1. The molecule has 1 aromatic heterocycles. The van der Waals surface area contributed by atoms with Gasteiger partial charge in [0.1, 0.15) is 5.75 Å². The summed E-state index contributed by atoms with van der Waals surface area (Å²) in [5.74, 6) is 0.959. The number of ether oxygens (including phenoxy) is 1. The maximum atomic E-state index is 5.72. The first kappa shape index (κ1) is 17.2. The first-order chi connectivity index (χ1) is 13.2. The van der Waals surface area contributed by atoms with Gasteiger partial charge in [-0.1, -0.05) is 30.3 Å². The molecule has 0 amide bonds. The maximum absolute atomic E-state index is 5.72. The lowest BCUT2D eigenvalue weighted by Crippen LogP contribution is -2.35. The predicted molar refractivity (Wildman–Crippen MR) is 110 cm³/mol. The Kier molecular flexibility index (Phi) is 4.38. The second-order valence-electron chi connectivity index (χ2n) is 7.63. The number of piperidine rings is 1. The van der Waals surface area contributed by atoms with E-state index >= 15 is 0 Å². The minimum atomic E-state index is 0.514. The van der Waals surface area contributed by atoms with E-state index in [9.17, 15) is 0 Å². The number of hydrogen-bond acceptors (Lipinski definition) is 5. The van der Waals surface area contributed by atoms with Crippen molar-refractivity contribution in [1.29, 1.82) is 0 Å². The van der Waals surface area contributed by atoms with Gasteiger partial charge in [-0.2, -0.15) is 0 Å². The molecule has 2 aromatic carbocycles. The molecule has 2 saturated heterocycles. The SMILES string of the molecule is COc1cc2nc(C)sc2cc1CN1CN2CCCC1C2c1ccccc1. The van der Waals surface area contributed by atoms with E-state index in [2.05, 4.69) is 64.2 Å². The summed E-state index contributed by atoms with van der Waals surface area (Å²) in [6.07, 6.45) is 2.55. The van der Waals surface area contributed by atoms with Crippen LogP contribution in [-0.4, -0.2) is 41.1 Å². The Balaban J connectivity index is 1.46. The lowest BCUT2D eigenvalue weighted by molar-refractivity contribution is 0.202. The van der Waals surface area contributed by atoms with Crippen LogP contribution in [0.25, 0.3) is 10.2 Å². The summed E-state index contributed by atoms with van der Waals surface area (Å²) in [5, 5.41) is 1.11. The molecular weight excluding hydrogens is 354 g/mol. The Morgan fingerprint density at radius 3 is 2.89 bits per heavy atom. The Hall–Kier alpha value is -1.95. The standard InChI is InChI=1S/C22H25N3OS/c1-15-23-18-12-20(26-2)17(11-21(18)27-15)13-25-14-24-10-6-9-19(25)22(24)16-7-4-3-5-8-16/h3-5,7-8,11-12,19,22H,6,9-10,13-14H2,1-2H3. The Labute approximate surface area is 164 Å². The lowest BCUT2D eigenvalue weighted by Gasteiger charge is -2.33. The monoisotopic (exact) mass is 379 g/mol. The number of aryl methyl sites for hydroxylation is 1. The van der Waals surface area contributed by atoms with Crippen LogP contribution in [0.2, 0.25) is 0 Å². The fourth-order valence-corrected chi connectivity index (χ4v) is 5.69. The molecule has 2 aliphatic heterocycles. The van der Waals surface area contributed by atoms with Gasteiger partial charge in [-0.25, -0.2) is 4.98 Å². The summed E-state index contributed by atoms with van der Waals surface area (Å²) in [7, 11) is 1.77. The largest absolute Gasteiger partial charge is 0.496 e. The van der Waals surface area contributed by atoms with Gasteiger partial charge in [-0.15, -0.1) is 11.3 Å².